The Morgan fingerprint density at radius 1 is 1.05 bits per heavy atom. The number of carbonyl (C=O) groups is 2. The summed E-state index contributed by atoms with van der Waals surface area (Å²) in [4.78, 5) is 20.7. The molecule has 0 rings (SSSR count). The lowest BCUT2D eigenvalue weighted by Crippen LogP contribution is -2.19. The molecule has 2 atom stereocenters. The Morgan fingerprint density at radius 2 is 1.64 bits per heavy atom. The first-order chi connectivity index (χ1) is 10.4. The third-order valence-electron chi connectivity index (χ3n) is 2.75. The predicted molar refractivity (Wildman–Crippen MR) is 81.4 cm³/mol. The molecule has 0 bridgehead atoms. The van der Waals surface area contributed by atoms with E-state index in [0.717, 1.165) is 38.5 Å². The van der Waals surface area contributed by atoms with E-state index in [1.165, 1.54) is 6.92 Å². The van der Waals surface area contributed by atoms with E-state index in [-0.39, 0.29) is 6.61 Å². The number of aliphatic hydroxyl groups is 3. The van der Waals surface area contributed by atoms with Crippen molar-refractivity contribution >= 4 is 11.9 Å². The van der Waals surface area contributed by atoms with Crippen molar-refractivity contribution in [3.63, 3.8) is 0 Å². The Kier molecular flexibility index (Phi) is 17.0. The number of ether oxygens (including phenoxy) is 1. The number of hydrogen-bond acceptors (Lipinski definition) is 6. The lowest BCUT2D eigenvalue weighted by molar-refractivity contribution is -0.152. The van der Waals surface area contributed by atoms with Crippen molar-refractivity contribution in [1.29, 1.82) is 0 Å². The zero-order valence-electron chi connectivity index (χ0n) is 13.5. The molecule has 2 unspecified atom stereocenters. The monoisotopic (exact) mass is 322 g/mol. The lowest BCUT2D eigenvalue weighted by atomic mass is 10.2. The van der Waals surface area contributed by atoms with Crippen molar-refractivity contribution in [3.05, 3.63) is 0 Å². The second kappa shape index (κ2) is 16.2. The van der Waals surface area contributed by atoms with Crippen LogP contribution in [-0.4, -0.2) is 57.8 Å². The van der Waals surface area contributed by atoms with Crippen LogP contribution in [0, 0.1) is 0 Å². The minimum atomic E-state index is -1.16. The average molecular weight is 322 g/mol. The largest absolute Gasteiger partial charge is 0.479 e. The highest BCUT2D eigenvalue weighted by Crippen LogP contribution is 2.00. The van der Waals surface area contributed by atoms with Crippen molar-refractivity contribution < 1.29 is 34.8 Å². The van der Waals surface area contributed by atoms with Crippen LogP contribution in [0.3, 0.4) is 0 Å². The molecule has 0 aliphatic carbocycles. The summed E-state index contributed by atoms with van der Waals surface area (Å²) in [6.07, 6.45) is 3.34. The molecule has 132 valence electrons. The van der Waals surface area contributed by atoms with Crippen LogP contribution >= 0.6 is 0 Å². The lowest BCUT2D eigenvalue weighted by Gasteiger charge is -2.05. The van der Waals surface area contributed by atoms with E-state index < -0.39 is 24.1 Å². The van der Waals surface area contributed by atoms with E-state index >= 15 is 0 Å². The number of aliphatic carboxylic acids is 1. The average Bonchev–Trinajstić information content (AvgIpc) is 2.48. The number of carboxylic acids is 1. The summed E-state index contributed by atoms with van der Waals surface area (Å²) in [7, 11) is 0. The molecule has 0 saturated heterocycles. The number of hydrogen-bond donors (Lipinski definition) is 4. The SMILES string of the molecule is CC(O)C(=O)OCCCCCCO.CCCCC(O)C(=O)O. The third kappa shape index (κ3) is 16.9. The quantitative estimate of drug-likeness (QED) is 0.331. The van der Waals surface area contributed by atoms with Gasteiger partial charge in [-0.1, -0.05) is 26.2 Å². The normalized spacial score (nSPS) is 12.8. The molecule has 0 aromatic rings. The Bertz CT molecular complexity index is 279. The maximum absolute atomic E-state index is 10.7. The van der Waals surface area contributed by atoms with Crippen molar-refractivity contribution in [3.8, 4) is 0 Å². The van der Waals surface area contributed by atoms with Gasteiger partial charge in [0.2, 0.25) is 0 Å². The first-order valence-electron chi connectivity index (χ1n) is 7.73. The zero-order chi connectivity index (χ0) is 17.4. The Morgan fingerprint density at radius 3 is 2.09 bits per heavy atom. The number of rotatable bonds is 11. The molecule has 0 fully saturated rings. The van der Waals surface area contributed by atoms with Gasteiger partial charge in [-0.15, -0.1) is 0 Å². The maximum Gasteiger partial charge on any atom is 0.334 e. The van der Waals surface area contributed by atoms with Gasteiger partial charge in [-0.3, -0.25) is 0 Å². The molecular weight excluding hydrogens is 292 g/mol. The topological polar surface area (TPSA) is 124 Å². The summed E-state index contributed by atoms with van der Waals surface area (Å²) in [6, 6.07) is 0. The minimum Gasteiger partial charge on any atom is -0.479 e. The summed E-state index contributed by atoms with van der Waals surface area (Å²) in [5.41, 5.74) is 0. The van der Waals surface area contributed by atoms with Crippen molar-refractivity contribution in [2.24, 2.45) is 0 Å². The minimum absolute atomic E-state index is 0.216. The van der Waals surface area contributed by atoms with Gasteiger partial charge in [-0.25, -0.2) is 9.59 Å². The van der Waals surface area contributed by atoms with E-state index in [2.05, 4.69) is 0 Å². The molecule has 0 heterocycles. The maximum atomic E-state index is 10.7. The molecule has 7 heteroatoms. The molecule has 0 amide bonds. The smallest absolute Gasteiger partial charge is 0.334 e. The number of unbranched alkanes of at least 4 members (excludes halogenated alkanes) is 4. The summed E-state index contributed by atoms with van der Waals surface area (Å²) in [5, 5.41) is 34.0. The molecule has 4 N–H and O–H groups in total. The van der Waals surface area contributed by atoms with Crippen LogP contribution in [0.1, 0.15) is 58.8 Å². The van der Waals surface area contributed by atoms with Gasteiger partial charge < -0.3 is 25.2 Å². The van der Waals surface area contributed by atoms with Gasteiger partial charge >= 0.3 is 11.9 Å². The first-order valence-corrected chi connectivity index (χ1v) is 7.73. The molecule has 0 aromatic carbocycles. The van der Waals surface area contributed by atoms with Crippen molar-refractivity contribution in [2.45, 2.75) is 71.0 Å². The van der Waals surface area contributed by atoms with E-state index in [0.29, 0.717) is 13.0 Å². The standard InChI is InChI=1S/C9H18O4.C6H12O3/c1-8(11)9(12)13-7-5-3-2-4-6-10;1-2-3-4-5(7)6(8)9/h8,10-11H,2-7H2,1H3;5,7H,2-4H2,1H3,(H,8,9). The summed E-state index contributed by atoms with van der Waals surface area (Å²) in [5.74, 6) is -1.69. The number of carboxylic acid groups (broad SMARTS) is 1. The highest BCUT2D eigenvalue weighted by Gasteiger charge is 2.10. The van der Waals surface area contributed by atoms with Crippen LogP contribution in [0.4, 0.5) is 0 Å². The molecule has 22 heavy (non-hydrogen) atoms. The van der Waals surface area contributed by atoms with Crippen LogP contribution in [0.15, 0.2) is 0 Å². The van der Waals surface area contributed by atoms with Gasteiger partial charge in [0, 0.05) is 6.61 Å². The molecule has 0 aliphatic rings. The van der Waals surface area contributed by atoms with Gasteiger partial charge in [-0.05, 0) is 32.6 Å². The second-order valence-corrected chi connectivity index (χ2v) is 4.98. The molecule has 0 aromatic heterocycles. The van der Waals surface area contributed by atoms with Crippen LogP contribution < -0.4 is 0 Å². The molecule has 0 aliphatic heterocycles. The molecule has 0 spiro atoms. The van der Waals surface area contributed by atoms with Gasteiger partial charge in [0.1, 0.15) is 6.10 Å². The summed E-state index contributed by atoms with van der Waals surface area (Å²) >= 11 is 0. The van der Waals surface area contributed by atoms with Crippen LogP contribution in [-0.2, 0) is 14.3 Å². The predicted octanol–water partition coefficient (Wildman–Crippen LogP) is 1.09. The van der Waals surface area contributed by atoms with Crippen molar-refractivity contribution in [2.75, 3.05) is 13.2 Å². The van der Waals surface area contributed by atoms with Crippen molar-refractivity contribution in [1.82, 2.24) is 0 Å². The fourth-order valence-electron chi connectivity index (χ4n) is 1.38. The van der Waals surface area contributed by atoms with Gasteiger partial charge in [0.25, 0.3) is 0 Å². The molecule has 7 nitrogen and oxygen atoms in total. The van der Waals surface area contributed by atoms with E-state index in [1.54, 1.807) is 0 Å². The number of aliphatic hydroxyl groups excluding tert-OH is 3. The number of carbonyl (C=O) groups excluding carboxylic acids is 1. The molecular formula is C15H30O7. The van der Waals surface area contributed by atoms with Crippen LogP contribution in [0.25, 0.3) is 0 Å². The summed E-state index contributed by atoms with van der Waals surface area (Å²) in [6.45, 7) is 3.91. The van der Waals surface area contributed by atoms with Crippen LogP contribution in [0.5, 0.6) is 0 Å². The number of esters is 1. The van der Waals surface area contributed by atoms with E-state index in [1.807, 2.05) is 6.92 Å². The molecule has 0 radical (unpaired) electrons. The highest BCUT2D eigenvalue weighted by atomic mass is 16.5. The van der Waals surface area contributed by atoms with E-state index in [4.69, 9.17) is 25.2 Å². The Hall–Kier alpha value is -1.18. The second-order valence-electron chi connectivity index (χ2n) is 4.98. The molecule has 0 saturated carbocycles. The Labute approximate surface area is 131 Å². The zero-order valence-corrected chi connectivity index (χ0v) is 13.5. The van der Waals surface area contributed by atoms with E-state index in [9.17, 15) is 9.59 Å². The van der Waals surface area contributed by atoms with Gasteiger partial charge in [0.15, 0.2) is 6.10 Å². The Balaban J connectivity index is 0. The highest BCUT2D eigenvalue weighted by molar-refractivity contribution is 5.73. The third-order valence-corrected chi connectivity index (χ3v) is 2.75. The fourth-order valence-corrected chi connectivity index (χ4v) is 1.38. The van der Waals surface area contributed by atoms with Gasteiger partial charge in [-0.2, -0.15) is 0 Å². The summed E-state index contributed by atoms with van der Waals surface area (Å²) < 4.78 is 4.73. The first kappa shape index (κ1) is 23.1. The fraction of sp³-hybridized carbons (Fsp3) is 0.867. The van der Waals surface area contributed by atoms with Gasteiger partial charge in [0.05, 0.1) is 6.61 Å². The van der Waals surface area contributed by atoms with Crippen LogP contribution in [0.2, 0.25) is 0 Å².